The second-order valence-electron chi connectivity index (χ2n) is 6.41. The van der Waals surface area contributed by atoms with E-state index in [0.717, 1.165) is 16.7 Å². The lowest BCUT2D eigenvalue weighted by atomic mass is 10.1. The van der Waals surface area contributed by atoms with Crippen molar-refractivity contribution in [3.63, 3.8) is 0 Å². The summed E-state index contributed by atoms with van der Waals surface area (Å²) in [5, 5.41) is 3.60. The van der Waals surface area contributed by atoms with E-state index in [0.29, 0.717) is 24.7 Å². The van der Waals surface area contributed by atoms with Gasteiger partial charge in [0.1, 0.15) is 0 Å². The topological polar surface area (TPSA) is 49.4 Å². The molecule has 130 valence electrons. The lowest BCUT2D eigenvalue weighted by Crippen LogP contribution is -2.32. The first-order chi connectivity index (χ1) is 12.0. The van der Waals surface area contributed by atoms with Crippen molar-refractivity contribution >= 4 is 23.4 Å². The maximum absolute atomic E-state index is 12.4. The molecule has 25 heavy (non-hydrogen) atoms. The Kier molecular flexibility index (Phi) is 5.39. The van der Waals surface area contributed by atoms with Crippen molar-refractivity contribution in [3.05, 3.63) is 70.2 Å². The SMILES string of the molecule is Cc1ccccc1CNC(=O)C1CC(=O)N(Cc2ccccc2Cl)C1. The van der Waals surface area contributed by atoms with Gasteiger partial charge in [-0.15, -0.1) is 0 Å². The van der Waals surface area contributed by atoms with Gasteiger partial charge in [0, 0.05) is 31.1 Å². The summed E-state index contributed by atoms with van der Waals surface area (Å²) in [6, 6.07) is 15.4. The molecule has 0 bridgehead atoms. The summed E-state index contributed by atoms with van der Waals surface area (Å²) in [7, 11) is 0. The van der Waals surface area contributed by atoms with Crippen molar-refractivity contribution in [2.24, 2.45) is 5.92 Å². The maximum atomic E-state index is 12.4. The summed E-state index contributed by atoms with van der Waals surface area (Å²) in [4.78, 5) is 26.4. The van der Waals surface area contributed by atoms with Crippen molar-refractivity contribution in [3.8, 4) is 0 Å². The summed E-state index contributed by atoms with van der Waals surface area (Å²) in [6.07, 6.45) is 0.254. The number of carbonyl (C=O) groups is 2. The molecule has 0 spiro atoms. The van der Waals surface area contributed by atoms with E-state index in [1.54, 1.807) is 4.90 Å². The van der Waals surface area contributed by atoms with E-state index < -0.39 is 0 Å². The van der Waals surface area contributed by atoms with Crippen LogP contribution in [0.5, 0.6) is 0 Å². The van der Waals surface area contributed by atoms with Gasteiger partial charge in [-0.25, -0.2) is 0 Å². The molecule has 1 saturated heterocycles. The third-order valence-electron chi connectivity index (χ3n) is 4.62. The van der Waals surface area contributed by atoms with E-state index >= 15 is 0 Å². The van der Waals surface area contributed by atoms with Crippen molar-refractivity contribution in [2.45, 2.75) is 26.4 Å². The zero-order chi connectivity index (χ0) is 17.8. The summed E-state index contributed by atoms with van der Waals surface area (Å²) in [5.74, 6) is -0.381. The third-order valence-corrected chi connectivity index (χ3v) is 4.99. The Balaban J connectivity index is 1.57. The van der Waals surface area contributed by atoms with Crippen molar-refractivity contribution < 1.29 is 9.59 Å². The summed E-state index contributed by atoms with van der Waals surface area (Å²) >= 11 is 6.16. The predicted molar refractivity (Wildman–Crippen MR) is 98.0 cm³/mol. The molecule has 1 aliphatic heterocycles. The first-order valence-electron chi connectivity index (χ1n) is 8.38. The van der Waals surface area contributed by atoms with Crippen LogP contribution in [0.1, 0.15) is 23.1 Å². The molecule has 0 saturated carbocycles. The fraction of sp³-hybridized carbons (Fsp3) is 0.300. The molecule has 2 amide bonds. The molecule has 2 aromatic rings. The highest BCUT2D eigenvalue weighted by Crippen LogP contribution is 2.23. The van der Waals surface area contributed by atoms with E-state index in [4.69, 9.17) is 11.6 Å². The van der Waals surface area contributed by atoms with Crippen LogP contribution in [-0.4, -0.2) is 23.3 Å². The number of nitrogens with zero attached hydrogens (tertiary/aromatic N) is 1. The molecule has 4 nitrogen and oxygen atoms in total. The minimum absolute atomic E-state index is 0.00374. The van der Waals surface area contributed by atoms with Crippen LogP contribution in [0.4, 0.5) is 0 Å². The van der Waals surface area contributed by atoms with E-state index in [1.165, 1.54) is 0 Å². The number of amides is 2. The van der Waals surface area contributed by atoms with Crippen LogP contribution in [0.25, 0.3) is 0 Å². The fourth-order valence-electron chi connectivity index (χ4n) is 3.07. The van der Waals surface area contributed by atoms with E-state index in [9.17, 15) is 9.59 Å². The standard InChI is InChI=1S/C20H21ClN2O2/c1-14-6-2-3-7-15(14)11-22-20(25)17-10-19(24)23(13-17)12-16-8-4-5-9-18(16)21/h2-9,17H,10-13H2,1H3,(H,22,25). The number of rotatable bonds is 5. The highest BCUT2D eigenvalue weighted by atomic mass is 35.5. The number of nitrogens with one attached hydrogen (secondary N) is 1. The summed E-state index contributed by atoms with van der Waals surface area (Å²) in [6.45, 7) is 3.39. The first kappa shape index (κ1) is 17.5. The molecule has 5 heteroatoms. The number of halogens is 1. The molecule has 1 heterocycles. The van der Waals surface area contributed by atoms with E-state index in [1.807, 2.05) is 55.5 Å². The van der Waals surface area contributed by atoms with Gasteiger partial charge < -0.3 is 10.2 Å². The largest absolute Gasteiger partial charge is 0.352 e. The molecule has 1 N–H and O–H groups in total. The minimum Gasteiger partial charge on any atom is -0.352 e. The predicted octanol–water partition coefficient (Wildman–Crippen LogP) is 3.31. The summed E-state index contributed by atoms with van der Waals surface area (Å²) in [5.41, 5.74) is 3.14. The highest BCUT2D eigenvalue weighted by Gasteiger charge is 2.34. The molecule has 3 rings (SSSR count). The number of likely N-dealkylation sites (tertiary alicyclic amines) is 1. The molecule has 2 aromatic carbocycles. The Morgan fingerprint density at radius 2 is 1.84 bits per heavy atom. The molecular formula is C20H21ClN2O2. The number of carbonyl (C=O) groups excluding carboxylic acids is 2. The monoisotopic (exact) mass is 356 g/mol. The normalized spacial score (nSPS) is 17.0. The Morgan fingerprint density at radius 3 is 2.56 bits per heavy atom. The van der Waals surface area contributed by atoms with Gasteiger partial charge in [0.25, 0.3) is 0 Å². The van der Waals surface area contributed by atoms with Gasteiger partial charge in [-0.2, -0.15) is 0 Å². The minimum atomic E-state index is -0.306. The molecule has 1 atom stereocenters. The van der Waals surface area contributed by atoms with Crippen LogP contribution in [0.15, 0.2) is 48.5 Å². The average molecular weight is 357 g/mol. The second-order valence-corrected chi connectivity index (χ2v) is 6.82. The van der Waals surface area contributed by atoms with Gasteiger partial charge in [-0.05, 0) is 29.7 Å². The molecule has 0 aromatic heterocycles. The Bertz CT molecular complexity index is 791. The van der Waals surface area contributed by atoms with Crippen molar-refractivity contribution in [1.82, 2.24) is 10.2 Å². The Hall–Kier alpha value is -2.33. The zero-order valence-corrected chi connectivity index (χ0v) is 14.9. The molecule has 0 aliphatic carbocycles. The second kappa shape index (κ2) is 7.70. The molecule has 1 aliphatic rings. The van der Waals surface area contributed by atoms with Gasteiger partial charge in [-0.1, -0.05) is 54.1 Å². The Labute approximate surface area is 152 Å². The average Bonchev–Trinajstić information content (AvgIpc) is 2.97. The van der Waals surface area contributed by atoms with Crippen molar-refractivity contribution in [1.29, 1.82) is 0 Å². The van der Waals surface area contributed by atoms with Crippen LogP contribution < -0.4 is 5.32 Å². The van der Waals surface area contributed by atoms with E-state index in [2.05, 4.69) is 5.32 Å². The zero-order valence-electron chi connectivity index (χ0n) is 14.2. The lowest BCUT2D eigenvalue weighted by molar-refractivity contribution is -0.129. The molecule has 1 fully saturated rings. The number of hydrogen-bond donors (Lipinski definition) is 1. The fourth-order valence-corrected chi connectivity index (χ4v) is 3.26. The number of aryl methyl sites for hydroxylation is 1. The smallest absolute Gasteiger partial charge is 0.225 e. The van der Waals surface area contributed by atoms with Crippen LogP contribution >= 0.6 is 11.6 Å². The molecule has 1 unspecified atom stereocenters. The van der Waals surface area contributed by atoms with Gasteiger partial charge in [0.05, 0.1) is 5.92 Å². The first-order valence-corrected chi connectivity index (χ1v) is 8.76. The quantitative estimate of drug-likeness (QED) is 0.893. The van der Waals surface area contributed by atoms with Crippen LogP contribution in [-0.2, 0) is 22.7 Å². The van der Waals surface area contributed by atoms with Crippen LogP contribution in [0.2, 0.25) is 5.02 Å². The van der Waals surface area contributed by atoms with Gasteiger partial charge in [0.15, 0.2) is 0 Å². The number of hydrogen-bond acceptors (Lipinski definition) is 2. The Morgan fingerprint density at radius 1 is 1.16 bits per heavy atom. The lowest BCUT2D eigenvalue weighted by Gasteiger charge is -2.17. The van der Waals surface area contributed by atoms with Gasteiger partial charge in [0.2, 0.25) is 11.8 Å². The van der Waals surface area contributed by atoms with Crippen LogP contribution in [0, 0.1) is 12.8 Å². The van der Waals surface area contributed by atoms with Gasteiger partial charge >= 0.3 is 0 Å². The van der Waals surface area contributed by atoms with Gasteiger partial charge in [-0.3, -0.25) is 9.59 Å². The number of benzene rings is 2. The molecular weight excluding hydrogens is 336 g/mol. The highest BCUT2D eigenvalue weighted by molar-refractivity contribution is 6.31. The molecule has 0 radical (unpaired) electrons. The van der Waals surface area contributed by atoms with E-state index in [-0.39, 0.29) is 24.2 Å². The van der Waals surface area contributed by atoms with Crippen LogP contribution in [0.3, 0.4) is 0 Å². The summed E-state index contributed by atoms with van der Waals surface area (Å²) < 4.78 is 0. The van der Waals surface area contributed by atoms with Crippen molar-refractivity contribution in [2.75, 3.05) is 6.54 Å². The third kappa shape index (κ3) is 4.20. The maximum Gasteiger partial charge on any atom is 0.225 e.